The molecule has 0 aliphatic carbocycles. The Kier molecular flexibility index (Phi) is 5.03. The van der Waals surface area contributed by atoms with E-state index in [4.69, 9.17) is 0 Å². The first kappa shape index (κ1) is 17.7. The maximum Gasteiger partial charge on any atom is 0.298 e. The van der Waals surface area contributed by atoms with Crippen molar-refractivity contribution in [3.8, 4) is 0 Å². The largest absolute Gasteiger partial charge is 0.340 e. The van der Waals surface area contributed by atoms with Crippen LogP contribution in [0.3, 0.4) is 0 Å². The number of nitrogens with one attached hydrogen (secondary N) is 1. The lowest BCUT2D eigenvalue weighted by Crippen LogP contribution is -2.25. The zero-order chi connectivity index (χ0) is 18.7. The van der Waals surface area contributed by atoms with Gasteiger partial charge in [-0.05, 0) is 61.7 Å². The number of aromatic nitrogens is 1. The Morgan fingerprint density at radius 3 is 2.35 bits per heavy atom. The van der Waals surface area contributed by atoms with Crippen molar-refractivity contribution in [1.82, 2.24) is 4.57 Å². The predicted octanol–water partition coefficient (Wildman–Crippen LogP) is 4.28. The lowest BCUT2D eigenvalue weighted by Gasteiger charge is -2.10. The molecular formula is C22H22N2O2. The normalized spacial score (nSPS) is 10.6. The highest BCUT2D eigenvalue weighted by molar-refractivity contribution is 6.46. The van der Waals surface area contributed by atoms with E-state index in [0.29, 0.717) is 17.9 Å². The van der Waals surface area contributed by atoms with Gasteiger partial charge in [-0.2, -0.15) is 0 Å². The van der Waals surface area contributed by atoms with Crippen LogP contribution in [0.5, 0.6) is 0 Å². The van der Waals surface area contributed by atoms with Crippen molar-refractivity contribution in [3.05, 3.63) is 88.7 Å². The highest BCUT2D eigenvalue weighted by Gasteiger charge is 2.20. The van der Waals surface area contributed by atoms with Gasteiger partial charge in [-0.25, -0.2) is 0 Å². The smallest absolute Gasteiger partial charge is 0.298 e. The van der Waals surface area contributed by atoms with Crippen LogP contribution in [0, 0.1) is 20.8 Å². The Morgan fingerprint density at radius 2 is 1.65 bits per heavy atom. The van der Waals surface area contributed by atoms with Crippen LogP contribution in [0.1, 0.15) is 32.7 Å². The van der Waals surface area contributed by atoms with Crippen LogP contribution in [-0.2, 0) is 11.3 Å². The topological polar surface area (TPSA) is 51.1 Å². The number of nitrogens with zero attached hydrogens (tertiary/aromatic N) is 1. The van der Waals surface area contributed by atoms with Crippen molar-refractivity contribution < 1.29 is 9.59 Å². The molecule has 1 amide bonds. The van der Waals surface area contributed by atoms with Gasteiger partial charge in [0, 0.05) is 18.4 Å². The second kappa shape index (κ2) is 7.40. The van der Waals surface area contributed by atoms with Gasteiger partial charge in [-0.3, -0.25) is 9.59 Å². The van der Waals surface area contributed by atoms with Crippen LogP contribution in [-0.4, -0.2) is 16.3 Å². The molecule has 0 aliphatic heterocycles. The molecule has 0 aliphatic rings. The zero-order valence-electron chi connectivity index (χ0n) is 15.2. The molecule has 0 fully saturated rings. The Labute approximate surface area is 153 Å². The van der Waals surface area contributed by atoms with Gasteiger partial charge in [0.25, 0.3) is 11.7 Å². The fraction of sp³-hybridized carbons (Fsp3) is 0.182. The van der Waals surface area contributed by atoms with Gasteiger partial charge in [0.1, 0.15) is 0 Å². The SMILES string of the molecule is Cc1ccc(Cn2cccc2C(=O)C(=O)Nc2ccc(C)c(C)c2)cc1. The molecule has 1 N–H and O–H groups in total. The first-order chi connectivity index (χ1) is 12.4. The maximum absolute atomic E-state index is 12.6. The second-order valence-electron chi connectivity index (χ2n) is 6.59. The van der Waals surface area contributed by atoms with Crippen LogP contribution >= 0.6 is 0 Å². The lowest BCUT2D eigenvalue weighted by atomic mass is 10.1. The number of Topliss-reactive ketones (excluding diaryl/α,β-unsaturated/α-hetero) is 1. The van der Waals surface area contributed by atoms with Gasteiger partial charge in [0.15, 0.2) is 0 Å². The van der Waals surface area contributed by atoms with Gasteiger partial charge < -0.3 is 9.88 Å². The summed E-state index contributed by atoms with van der Waals surface area (Å²) in [4.78, 5) is 25.0. The third-order valence-corrected chi connectivity index (χ3v) is 4.51. The standard InChI is InChI=1S/C22H22N2O2/c1-15-6-9-18(10-7-15)14-24-12-4-5-20(24)21(25)22(26)23-19-11-8-16(2)17(3)13-19/h4-13H,14H2,1-3H3,(H,23,26). The van der Waals surface area contributed by atoms with Crippen molar-refractivity contribution in [2.45, 2.75) is 27.3 Å². The molecule has 1 heterocycles. The fourth-order valence-electron chi connectivity index (χ4n) is 2.77. The molecule has 26 heavy (non-hydrogen) atoms. The lowest BCUT2D eigenvalue weighted by molar-refractivity contribution is -0.112. The minimum absolute atomic E-state index is 0.381. The van der Waals surface area contributed by atoms with Gasteiger partial charge in [-0.1, -0.05) is 35.9 Å². The first-order valence-corrected chi connectivity index (χ1v) is 8.57. The number of carbonyl (C=O) groups excluding carboxylic acids is 2. The summed E-state index contributed by atoms with van der Waals surface area (Å²) in [6.07, 6.45) is 1.82. The molecule has 132 valence electrons. The van der Waals surface area contributed by atoms with E-state index in [1.807, 2.05) is 63.4 Å². The zero-order valence-corrected chi connectivity index (χ0v) is 15.2. The van der Waals surface area contributed by atoms with E-state index in [2.05, 4.69) is 5.32 Å². The summed E-state index contributed by atoms with van der Waals surface area (Å²) in [5.41, 5.74) is 5.48. The Hall–Kier alpha value is -3.14. The Bertz CT molecular complexity index is 953. The molecule has 4 nitrogen and oxygen atoms in total. The summed E-state index contributed by atoms with van der Waals surface area (Å²) in [5.74, 6) is -1.17. The van der Waals surface area contributed by atoms with Crippen LogP contribution in [0.15, 0.2) is 60.8 Å². The summed E-state index contributed by atoms with van der Waals surface area (Å²) in [7, 11) is 0. The summed E-state index contributed by atoms with van der Waals surface area (Å²) < 4.78 is 1.80. The molecule has 0 unspecified atom stereocenters. The third-order valence-electron chi connectivity index (χ3n) is 4.51. The van der Waals surface area contributed by atoms with Crippen molar-refractivity contribution in [2.24, 2.45) is 0 Å². The predicted molar refractivity (Wildman–Crippen MR) is 104 cm³/mol. The molecule has 0 saturated heterocycles. The van der Waals surface area contributed by atoms with Crippen molar-refractivity contribution in [3.63, 3.8) is 0 Å². The number of amides is 1. The number of aryl methyl sites for hydroxylation is 3. The molecular weight excluding hydrogens is 324 g/mol. The molecule has 0 saturated carbocycles. The van der Waals surface area contributed by atoms with Gasteiger partial charge in [0.2, 0.25) is 0 Å². The fourth-order valence-corrected chi connectivity index (χ4v) is 2.77. The number of hydrogen-bond acceptors (Lipinski definition) is 2. The summed E-state index contributed by atoms with van der Waals surface area (Å²) >= 11 is 0. The number of benzene rings is 2. The van der Waals surface area contributed by atoms with E-state index in [1.54, 1.807) is 22.8 Å². The quantitative estimate of drug-likeness (QED) is 0.554. The number of ketones is 1. The first-order valence-electron chi connectivity index (χ1n) is 8.57. The van der Waals surface area contributed by atoms with Crippen molar-refractivity contribution in [1.29, 1.82) is 0 Å². The van der Waals surface area contributed by atoms with Crippen molar-refractivity contribution >= 4 is 17.4 Å². The van der Waals surface area contributed by atoms with Crippen LogP contribution in [0.2, 0.25) is 0 Å². The van der Waals surface area contributed by atoms with Crippen LogP contribution < -0.4 is 5.32 Å². The van der Waals surface area contributed by atoms with E-state index in [9.17, 15) is 9.59 Å². The average Bonchev–Trinajstić information content (AvgIpc) is 3.07. The second-order valence-corrected chi connectivity index (χ2v) is 6.59. The van der Waals surface area contributed by atoms with Crippen molar-refractivity contribution in [2.75, 3.05) is 5.32 Å². The summed E-state index contributed by atoms with van der Waals surface area (Å²) in [6.45, 7) is 6.56. The van der Waals surface area contributed by atoms with Crippen LogP contribution in [0.25, 0.3) is 0 Å². The van der Waals surface area contributed by atoms with Gasteiger partial charge in [0.05, 0.1) is 5.69 Å². The monoisotopic (exact) mass is 346 g/mol. The highest BCUT2D eigenvalue weighted by atomic mass is 16.2. The highest BCUT2D eigenvalue weighted by Crippen LogP contribution is 2.15. The maximum atomic E-state index is 12.6. The van der Waals surface area contributed by atoms with E-state index in [1.165, 1.54) is 5.56 Å². The Morgan fingerprint density at radius 1 is 0.923 bits per heavy atom. The average molecular weight is 346 g/mol. The molecule has 3 aromatic rings. The number of carbonyl (C=O) groups is 2. The molecule has 2 aromatic carbocycles. The molecule has 0 atom stereocenters. The van der Waals surface area contributed by atoms with E-state index in [0.717, 1.165) is 16.7 Å². The minimum Gasteiger partial charge on any atom is -0.340 e. The number of anilines is 1. The van der Waals surface area contributed by atoms with Gasteiger partial charge in [-0.15, -0.1) is 0 Å². The Balaban J connectivity index is 1.75. The summed E-state index contributed by atoms with van der Waals surface area (Å²) in [5, 5.41) is 2.69. The van der Waals surface area contributed by atoms with Crippen LogP contribution in [0.4, 0.5) is 5.69 Å². The molecule has 3 rings (SSSR count). The molecule has 1 aromatic heterocycles. The minimum atomic E-state index is -0.628. The van der Waals surface area contributed by atoms with E-state index >= 15 is 0 Å². The number of hydrogen-bond donors (Lipinski definition) is 1. The molecule has 0 spiro atoms. The third kappa shape index (κ3) is 3.91. The van der Waals surface area contributed by atoms with E-state index < -0.39 is 11.7 Å². The molecule has 4 heteroatoms. The number of rotatable bonds is 5. The van der Waals surface area contributed by atoms with E-state index in [-0.39, 0.29) is 0 Å². The summed E-state index contributed by atoms with van der Waals surface area (Å²) in [6, 6.07) is 17.2. The molecule has 0 bridgehead atoms. The van der Waals surface area contributed by atoms with Gasteiger partial charge >= 0.3 is 0 Å². The molecule has 0 radical (unpaired) electrons.